The number of carbonyl (C=O) groups is 1. The molecule has 2 aromatic carbocycles. The van der Waals surface area contributed by atoms with Crippen LogP contribution in [-0.2, 0) is 14.6 Å². The molecule has 1 aromatic heterocycles. The standard InChI is InChI=1S/C26H27F3N4O3S2/c1-16(2)13-21(24(34)31-12-11-30)32-23(26(27,28)29)18-9-7-17(8-10-18)22-15-37-25(33-22)19-5-4-6-20(14-19)38(3,35)36/h4-10,14-16,21,23,32H,12-13H2,1-3H3,(H,31,34)/t21-,23?/m0/s1. The molecule has 12 heteroatoms. The predicted molar refractivity (Wildman–Crippen MR) is 140 cm³/mol. The summed E-state index contributed by atoms with van der Waals surface area (Å²) in [4.78, 5) is 17.1. The first-order valence-corrected chi connectivity index (χ1v) is 14.4. The number of hydrogen-bond acceptors (Lipinski definition) is 7. The summed E-state index contributed by atoms with van der Waals surface area (Å²) in [5.41, 5.74) is 1.67. The lowest BCUT2D eigenvalue weighted by Gasteiger charge is -2.28. The second-order valence-corrected chi connectivity index (χ2v) is 12.0. The van der Waals surface area contributed by atoms with E-state index in [1.807, 2.05) is 0 Å². The molecule has 0 saturated heterocycles. The minimum atomic E-state index is -4.68. The first-order valence-electron chi connectivity index (χ1n) is 11.6. The molecule has 0 aliphatic carbocycles. The second-order valence-electron chi connectivity index (χ2n) is 9.16. The summed E-state index contributed by atoms with van der Waals surface area (Å²) >= 11 is 1.29. The first kappa shape index (κ1) is 29.3. The van der Waals surface area contributed by atoms with Crippen molar-refractivity contribution in [2.45, 2.75) is 43.4 Å². The monoisotopic (exact) mass is 564 g/mol. The average molecular weight is 565 g/mol. The third-order valence-corrected chi connectivity index (χ3v) is 7.62. The normalized spacial score (nSPS) is 13.6. The molecule has 1 amide bonds. The van der Waals surface area contributed by atoms with E-state index < -0.39 is 34.0 Å². The first-order chi connectivity index (χ1) is 17.8. The lowest BCUT2D eigenvalue weighted by molar-refractivity contribution is -0.161. The molecule has 0 saturated carbocycles. The highest BCUT2D eigenvalue weighted by atomic mass is 32.2. The van der Waals surface area contributed by atoms with Gasteiger partial charge in [0.25, 0.3) is 0 Å². The third kappa shape index (κ3) is 7.63. The number of alkyl halides is 3. The fraction of sp³-hybridized carbons (Fsp3) is 0.346. The minimum absolute atomic E-state index is 0.0615. The zero-order chi connectivity index (χ0) is 28.1. The molecule has 0 aliphatic rings. The fourth-order valence-corrected chi connectivity index (χ4v) is 5.29. The molecule has 38 heavy (non-hydrogen) atoms. The Morgan fingerprint density at radius 2 is 1.82 bits per heavy atom. The maximum atomic E-state index is 14.0. The summed E-state index contributed by atoms with van der Waals surface area (Å²) in [5, 5.41) is 15.8. The van der Waals surface area contributed by atoms with Crippen molar-refractivity contribution in [2.24, 2.45) is 5.92 Å². The van der Waals surface area contributed by atoms with Gasteiger partial charge in [-0.3, -0.25) is 10.1 Å². The van der Waals surface area contributed by atoms with Crippen LogP contribution in [0.4, 0.5) is 13.2 Å². The number of nitriles is 1. The molecule has 0 fully saturated rings. The molecule has 0 spiro atoms. The Labute approximate surface area is 223 Å². The molecule has 2 atom stereocenters. The van der Waals surface area contributed by atoms with Crippen molar-refractivity contribution in [1.29, 1.82) is 5.26 Å². The van der Waals surface area contributed by atoms with Crippen molar-refractivity contribution < 1.29 is 26.4 Å². The quantitative estimate of drug-likeness (QED) is 0.330. The van der Waals surface area contributed by atoms with E-state index in [2.05, 4.69) is 15.6 Å². The number of nitrogens with zero attached hydrogens (tertiary/aromatic N) is 2. The third-order valence-electron chi connectivity index (χ3n) is 5.61. The van der Waals surface area contributed by atoms with E-state index in [9.17, 15) is 26.4 Å². The van der Waals surface area contributed by atoms with E-state index in [0.29, 0.717) is 21.8 Å². The number of hydrogen-bond donors (Lipinski definition) is 2. The van der Waals surface area contributed by atoms with E-state index in [0.717, 1.165) is 6.26 Å². The predicted octanol–water partition coefficient (Wildman–Crippen LogP) is 5.13. The Morgan fingerprint density at radius 3 is 2.39 bits per heavy atom. The van der Waals surface area contributed by atoms with Gasteiger partial charge in [-0.25, -0.2) is 13.4 Å². The van der Waals surface area contributed by atoms with Crippen LogP contribution in [0.5, 0.6) is 0 Å². The van der Waals surface area contributed by atoms with Crippen LogP contribution in [0.3, 0.4) is 0 Å². The van der Waals surface area contributed by atoms with Crippen LogP contribution in [0.25, 0.3) is 21.8 Å². The summed E-state index contributed by atoms with van der Waals surface area (Å²) < 4.78 is 65.9. The van der Waals surface area contributed by atoms with Gasteiger partial charge in [0, 0.05) is 22.8 Å². The number of amides is 1. The average Bonchev–Trinajstić information content (AvgIpc) is 3.34. The number of thiazole rings is 1. The van der Waals surface area contributed by atoms with Crippen LogP contribution in [0, 0.1) is 17.2 Å². The highest BCUT2D eigenvalue weighted by molar-refractivity contribution is 7.90. The Kier molecular flexibility index (Phi) is 9.30. The van der Waals surface area contributed by atoms with Gasteiger partial charge >= 0.3 is 6.18 Å². The summed E-state index contributed by atoms with van der Waals surface area (Å²) in [6, 6.07) is 10.6. The van der Waals surface area contributed by atoms with E-state index >= 15 is 0 Å². The molecule has 3 rings (SSSR count). The summed E-state index contributed by atoms with van der Waals surface area (Å²) in [6.07, 6.45) is -3.40. The molecule has 1 heterocycles. The molecule has 0 aliphatic heterocycles. The van der Waals surface area contributed by atoms with Gasteiger partial charge in [0.15, 0.2) is 9.84 Å². The molecular weight excluding hydrogens is 537 g/mol. The number of nitrogens with one attached hydrogen (secondary N) is 2. The van der Waals surface area contributed by atoms with Crippen LogP contribution in [0.2, 0.25) is 0 Å². The second kappa shape index (κ2) is 12.1. The van der Waals surface area contributed by atoms with Crippen LogP contribution in [-0.4, -0.2) is 44.3 Å². The summed E-state index contributed by atoms with van der Waals surface area (Å²) in [7, 11) is -3.39. The van der Waals surface area contributed by atoms with Gasteiger partial charge in [-0.2, -0.15) is 18.4 Å². The highest BCUT2D eigenvalue weighted by Crippen LogP contribution is 2.35. The summed E-state index contributed by atoms with van der Waals surface area (Å²) in [6.45, 7) is 3.29. The van der Waals surface area contributed by atoms with E-state index in [-0.39, 0.29) is 29.3 Å². The summed E-state index contributed by atoms with van der Waals surface area (Å²) in [5.74, 6) is -0.727. The maximum Gasteiger partial charge on any atom is 0.407 e. The number of aromatic nitrogens is 1. The van der Waals surface area contributed by atoms with Gasteiger partial charge in [-0.05, 0) is 30.0 Å². The highest BCUT2D eigenvalue weighted by Gasteiger charge is 2.42. The lowest BCUT2D eigenvalue weighted by atomic mass is 9.98. The number of halogens is 3. The number of benzene rings is 2. The van der Waals surface area contributed by atoms with Crippen LogP contribution >= 0.6 is 11.3 Å². The van der Waals surface area contributed by atoms with Crippen molar-refractivity contribution in [3.8, 4) is 27.9 Å². The SMILES string of the molecule is CC(C)C[C@H](NC(c1ccc(-c2csc(-c3cccc(S(C)(=O)=O)c3)n2)cc1)C(F)(F)F)C(=O)NCC#N. The van der Waals surface area contributed by atoms with Crippen molar-refractivity contribution in [3.63, 3.8) is 0 Å². The molecule has 3 aromatic rings. The molecule has 0 bridgehead atoms. The molecule has 202 valence electrons. The number of rotatable bonds is 10. The molecule has 7 nitrogen and oxygen atoms in total. The van der Waals surface area contributed by atoms with Crippen molar-refractivity contribution in [2.75, 3.05) is 12.8 Å². The van der Waals surface area contributed by atoms with E-state index in [4.69, 9.17) is 5.26 Å². The van der Waals surface area contributed by atoms with Gasteiger partial charge in [0.05, 0.1) is 22.7 Å². The van der Waals surface area contributed by atoms with Crippen molar-refractivity contribution in [1.82, 2.24) is 15.6 Å². The maximum absolute atomic E-state index is 14.0. The largest absolute Gasteiger partial charge is 0.407 e. The van der Waals surface area contributed by atoms with Crippen LogP contribution in [0.1, 0.15) is 31.9 Å². The molecule has 0 radical (unpaired) electrons. The molecular formula is C26H27F3N4O3S2. The zero-order valence-electron chi connectivity index (χ0n) is 20.9. The van der Waals surface area contributed by atoms with E-state index in [1.54, 1.807) is 37.4 Å². The Morgan fingerprint density at radius 1 is 1.13 bits per heavy atom. The minimum Gasteiger partial charge on any atom is -0.342 e. The molecule has 2 N–H and O–H groups in total. The fourth-order valence-electron chi connectivity index (χ4n) is 3.80. The Balaban J connectivity index is 1.86. The Bertz CT molecular complexity index is 1410. The van der Waals surface area contributed by atoms with Crippen LogP contribution in [0.15, 0.2) is 58.8 Å². The zero-order valence-corrected chi connectivity index (χ0v) is 22.5. The smallest absolute Gasteiger partial charge is 0.342 e. The van der Waals surface area contributed by atoms with Gasteiger partial charge in [0.2, 0.25) is 5.91 Å². The van der Waals surface area contributed by atoms with E-state index in [1.165, 1.54) is 47.7 Å². The number of carbonyl (C=O) groups excluding carboxylic acids is 1. The lowest BCUT2D eigenvalue weighted by Crippen LogP contribution is -2.49. The van der Waals surface area contributed by atoms with Crippen molar-refractivity contribution >= 4 is 27.1 Å². The van der Waals surface area contributed by atoms with Gasteiger partial charge < -0.3 is 5.32 Å². The van der Waals surface area contributed by atoms with Crippen LogP contribution < -0.4 is 10.6 Å². The molecule has 1 unspecified atom stereocenters. The van der Waals surface area contributed by atoms with Crippen molar-refractivity contribution in [3.05, 3.63) is 59.5 Å². The van der Waals surface area contributed by atoms with Gasteiger partial charge in [0.1, 0.15) is 17.6 Å². The van der Waals surface area contributed by atoms with Gasteiger partial charge in [-0.15, -0.1) is 11.3 Å². The number of sulfone groups is 1. The topological polar surface area (TPSA) is 112 Å². The van der Waals surface area contributed by atoms with Gasteiger partial charge in [-0.1, -0.05) is 50.2 Å². The Hall–Kier alpha value is -3.27.